The van der Waals surface area contributed by atoms with Gasteiger partial charge in [-0.3, -0.25) is 4.79 Å². The number of allylic oxidation sites excluding steroid dienone is 3. The Kier molecular flexibility index (Phi) is 37.2. The molecule has 3 saturated heterocycles. The quantitative estimate of drug-likeness (QED) is 0.0289. The molecule has 3 heterocycles. The molecule has 3 aliphatic heterocycles. The van der Waals surface area contributed by atoms with E-state index in [1.807, 2.05) is 6.08 Å². The van der Waals surface area contributed by atoms with E-state index in [2.05, 4.69) is 31.3 Å². The predicted octanol–water partition coefficient (Wildman–Crippen LogP) is 4.76. The van der Waals surface area contributed by atoms with E-state index in [0.29, 0.717) is 12.8 Å². The minimum Gasteiger partial charge on any atom is -0.394 e. The van der Waals surface area contributed by atoms with E-state index >= 15 is 0 Å². The van der Waals surface area contributed by atoms with Gasteiger partial charge in [0.15, 0.2) is 18.9 Å². The van der Waals surface area contributed by atoms with Crippen LogP contribution in [0.5, 0.6) is 0 Å². The van der Waals surface area contributed by atoms with Gasteiger partial charge in [-0.1, -0.05) is 186 Å². The molecule has 0 aromatic heterocycles. The lowest BCUT2D eigenvalue weighted by molar-refractivity contribution is -0.379. The van der Waals surface area contributed by atoms with Crippen LogP contribution in [0.1, 0.15) is 200 Å². The number of hydrogen-bond donors (Lipinski definition) is 12. The first-order valence-electron chi connectivity index (χ1n) is 29.6. The molecule has 0 spiro atoms. The van der Waals surface area contributed by atoms with Crippen LogP contribution in [0.2, 0.25) is 0 Å². The van der Waals surface area contributed by atoms with Gasteiger partial charge in [-0.2, -0.15) is 0 Å². The fraction of sp³-hybridized carbons (Fsp3) is 0.912. The lowest BCUT2D eigenvalue weighted by Crippen LogP contribution is -2.66. The minimum absolute atomic E-state index is 0.239. The second-order valence-corrected chi connectivity index (χ2v) is 21.5. The van der Waals surface area contributed by atoms with Crippen LogP contribution in [0.4, 0.5) is 0 Å². The average molecular weight is 1090 g/mol. The summed E-state index contributed by atoms with van der Waals surface area (Å²) >= 11 is 0. The molecule has 3 aliphatic rings. The SMILES string of the molecule is CCCCC/C=C/CC/C=C/C(O)C(COC1OC(CO)C(OC2OC(CO)C(OC3OC(CO)C(O)C(O)C3O)C(O)C2O)C(O)C1O)NC(=O)CCCCCCCCCCCCCCCCCCCCCCCC. The second-order valence-electron chi connectivity index (χ2n) is 21.5. The average Bonchev–Trinajstić information content (AvgIpc) is 3.42. The molecule has 19 nitrogen and oxygen atoms in total. The van der Waals surface area contributed by atoms with Crippen LogP contribution in [0.15, 0.2) is 24.3 Å². The van der Waals surface area contributed by atoms with Gasteiger partial charge in [0.25, 0.3) is 0 Å². The number of unbranched alkanes of at least 4 members (excludes halogenated alkanes) is 25. The van der Waals surface area contributed by atoms with Crippen molar-refractivity contribution in [1.82, 2.24) is 5.32 Å². The van der Waals surface area contributed by atoms with Crippen molar-refractivity contribution >= 4 is 5.91 Å². The number of amides is 1. The van der Waals surface area contributed by atoms with Crippen molar-refractivity contribution in [2.75, 3.05) is 26.4 Å². The Labute approximate surface area is 454 Å². The Hall–Kier alpha value is -1.73. The van der Waals surface area contributed by atoms with E-state index < -0.39 is 124 Å². The van der Waals surface area contributed by atoms with Gasteiger partial charge in [-0.25, -0.2) is 0 Å². The zero-order chi connectivity index (χ0) is 55.5. The summed E-state index contributed by atoms with van der Waals surface area (Å²) in [5.41, 5.74) is 0. The van der Waals surface area contributed by atoms with Gasteiger partial charge in [0, 0.05) is 6.42 Å². The Morgan fingerprint density at radius 1 is 0.461 bits per heavy atom. The van der Waals surface area contributed by atoms with Crippen LogP contribution in [0, 0.1) is 0 Å². The zero-order valence-corrected chi connectivity index (χ0v) is 46.2. The molecule has 1 amide bonds. The van der Waals surface area contributed by atoms with Gasteiger partial charge in [0.2, 0.25) is 5.91 Å². The highest BCUT2D eigenvalue weighted by Gasteiger charge is 2.53. The Morgan fingerprint density at radius 3 is 1.32 bits per heavy atom. The highest BCUT2D eigenvalue weighted by atomic mass is 16.8. The van der Waals surface area contributed by atoms with Gasteiger partial charge < -0.3 is 89.9 Å². The van der Waals surface area contributed by atoms with E-state index in [9.17, 15) is 61.0 Å². The number of aliphatic hydroxyl groups is 11. The summed E-state index contributed by atoms with van der Waals surface area (Å²) in [7, 11) is 0. The fourth-order valence-corrected chi connectivity index (χ4v) is 10.1. The first-order chi connectivity index (χ1) is 36.8. The van der Waals surface area contributed by atoms with Crippen molar-refractivity contribution in [3.8, 4) is 0 Å². The Morgan fingerprint density at radius 2 is 0.842 bits per heavy atom. The monoisotopic (exact) mass is 1090 g/mol. The van der Waals surface area contributed by atoms with Crippen molar-refractivity contribution in [3.05, 3.63) is 24.3 Å². The summed E-state index contributed by atoms with van der Waals surface area (Å²) < 4.78 is 34.1. The predicted molar refractivity (Wildman–Crippen MR) is 286 cm³/mol. The molecular formula is C57H105NO18. The second kappa shape index (κ2) is 41.3. The number of aliphatic hydroxyl groups excluding tert-OH is 11. The van der Waals surface area contributed by atoms with Crippen LogP contribution in [0.25, 0.3) is 0 Å². The number of nitrogens with one attached hydrogen (secondary N) is 1. The third-order valence-electron chi connectivity index (χ3n) is 15.0. The van der Waals surface area contributed by atoms with Crippen molar-refractivity contribution in [2.24, 2.45) is 0 Å². The summed E-state index contributed by atoms with van der Waals surface area (Å²) in [5, 5.41) is 120. The van der Waals surface area contributed by atoms with Crippen molar-refractivity contribution < 1.29 is 89.4 Å². The Bertz CT molecular complexity index is 1490. The molecule has 0 saturated carbocycles. The van der Waals surface area contributed by atoms with Crippen LogP contribution in [-0.2, 0) is 33.2 Å². The molecule has 0 aromatic rings. The molecule has 446 valence electrons. The summed E-state index contributed by atoms with van der Waals surface area (Å²) in [4.78, 5) is 13.3. The van der Waals surface area contributed by atoms with Crippen molar-refractivity contribution in [2.45, 2.75) is 304 Å². The highest BCUT2D eigenvalue weighted by Crippen LogP contribution is 2.33. The molecule has 0 bridgehead atoms. The van der Waals surface area contributed by atoms with E-state index in [0.717, 1.165) is 44.9 Å². The largest absolute Gasteiger partial charge is 0.394 e. The number of ether oxygens (including phenoxy) is 6. The van der Waals surface area contributed by atoms with Gasteiger partial charge >= 0.3 is 0 Å². The number of carbonyl (C=O) groups is 1. The standard InChI is InChI=1S/C57H105NO18/c1-3-5-7-9-11-13-14-15-16-17-18-19-20-21-22-23-24-25-27-29-31-33-35-45(63)58-40(41(62)34-32-30-28-26-12-10-8-6-4-2)39-71-55-51(69)48(66)53(43(37-60)73-55)76-57-52(70)49(67)54(44(38-61)74-57)75-56-50(68)47(65)46(64)42(36-59)72-56/h12,26,32,34,40-44,46-57,59-62,64-70H,3-11,13-25,27-31,33,35-39H2,1-2H3,(H,58,63)/b26-12+,34-32+. The maximum Gasteiger partial charge on any atom is 0.220 e. The molecule has 0 radical (unpaired) electrons. The third kappa shape index (κ3) is 25.4. The molecule has 17 unspecified atom stereocenters. The smallest absolute Gasteiger partial charge is 0.220 e. The van der Waals surface area contributed by atoms with Gasteiger partial charge in [0.1, 0.15) is 73.2 Å². The molecule has 17 atom stereocenters. The number of carbonyl (C=O) groups excluding carboxylic acids is 1. The summed E-state index contributed by atoms with van der Waals surface area (Å²) in [5.74, 6) is -0.286. The van der Waals surface area contributed by atoms with Crippen LogP contribution >= 0.6 is 0 Å². The number of hydrogen-bond acceptors (Lipinski definition) is 18. The molecule has 3 rings (SSSR count). The summed E-state index contributed by atoms with van der Waals surface area (Å²) in [6, 6.07) is -0.983. The third-order valence-corrected chi connectivity index (χ3v) is 15.0. The molecule has 12 N–H and O–H groups in total. The van der Waals surface area contributed by atoms with Crippen molar-refractivity contribution in [3.63, 3.8) is 0 Å². The van der Waals surface area contributed by atoms with Gasteiger partial charge in [-0.15, -0.1) is 0 Å². The summed E-state index contributed by atoms with van der Waals surface area (Å²) in [6.45, 7) is 1.64. The molecule has 0 aliphatic carbocycles. The van der Waals surface area contributed by atoms with E-state index in [1.165, 1.54) is 122 Å². The topological polar surface area (TPSA) is 307 Å². The normalized spacial score (nSPS) is 31.1. The van der Waals surface area contributed by atoms with Crippen LogP contribution in [-0.4, -0.2) is 193 Å². The molecular weight excluding hydrogens is 987 g/mol. The minimum atomic E-state index is -1.98. The zero-order valence-electron chi connectivity index (χ0n) is 46.2. The van der Waals surface area contributed by atoms with E-state index in [1.54, 1.807) is 6.08 Å². The van der Waals surface area contributed by atoms with Crippen molar-refractivity contribution in [1.29, 1.82) is 0 Å². The summed E-state index contributed by atoms with van der Waals surface area (Å²) in [6.07, 6.45) is 14.9. The first kappa shape index (κ1) is 68.5. The van der Waals surface area contributed by atoms with Crippen LogP contribution in [0.3, 0.4) is 0 Å². The van der Waals surface area contributed by atoms with E-state index in [-0.39, 0.29) is 18.9 Å². The lowest BCUT2D eigenvalue weighted by atomic mass is 9.96. The first-order valence-corrected chi connectivity index (χ1v) is 29.6. The lowest BCUT2D eigenvalue weighted by Gasteiger charge is -2.48. The Balaban J connectivity index is 1.45. The molecule has 76 heavy (non-hydrogen) atoms. The molecule has 3 fully saturated rings. The maximum absolute atomic E-state index is 13.3. The van der Waals surface area contributed by atoms with E-state index in [4.69, 9.17) is 28.4 Å². The maximum atomic E-state index is 13.3. The number of rotatable bonds is 43. The fourth-order valence-electron chi connectivity index (χ4n) is 10.1. The molecule has 19 heteroatoms. The van der Waals surface area contributed by atoms with Gasteiger partial charge in [0.05, 0.1) is 38.6 Å². The van der Waals surface area contributed by atoms with Crippen LogP contribution < -0.4 is 5.32 Å². The van der Waals surface area contributed by atoms with Gasteiger partial charge in [-0.05, 0) is 32.1 Å². The highest BCUT2D eigenvalue weighted by molar-refractivity contribution is 5.76. The molecule has 0 aromatic carbocycles.